The first kappa shape index (κ1) is 9.81. The Hall–Kier alpha value is -0.280. The van der Waals surface area contributed by atoms with Crippen molar-refractivity contribution in [1.29, 1.82) is 0 Å². The summed E-state index contributed by atoms with van der Waals surface area (Å²) in [6, 6.07) is 0.0423. The second kappa shape index (κ2) is 4.67. The Bertz CT molecular complexity index is 163. The molecule has 0 aliphatic carbocycles. The molecule has 1 atom stereocenters. The van der Waals surface area contributed by atoms with Crippen LogP contribution in [0.15, 0.2) is 0 Å². The predicted octanol–water partition coefficient (Wildman–Crippen LogP) is 0.599. The van der Waals surface area contributed by atoms with Crippen molar-refractivity contribution in [2.45, 2.75) is 25.3 Å². The molecule has 0 spiro atoms. The molecule has 1 N–H and O–H groups in total. The van der Waals surface area contributed by atoms with Crippen molar-refractivity contribution in [3.05, 3.63) is 0 Å². The average molecular weight is 192 g/mol. The van der Waals surface area contributed by atoms with Gasteiger partial charge in [-0.3, -0.25) is 4.79 Å². The largest absolute Gasteiger partial charge is 0.394 e. The van der Waals surface area contributed by atoms with Gasteiger partial charge in [0.25, 0.3) is 0 Å². The minimum atomic E-state index is 0.0423. The van der Waals surface area contributed by atoms with Gasteiger partial charge in [0.1, 0.15) is 0 Å². The second-order valence-corrected chi connectivity index (χ2v) is 3.38. The molecular formula is C8H14ClNO2. The highest BCUT2D eigenvalue weighted by Gasteiger charge is 2.26. The SMILES string of the molecule is O=C(CCCl)N1CCC[C@@H]1CO. The molecule has 0 aromatic heterocycles. The molecule has 0 radical (unpaired) electrons. The van der Waals surface area contributed by atoms with Gasteiger partial charge in [-0.1, -0.05) is 0 Å². The van der Waals surface area contributed by atoms with E-state index >= 15 is 0 Å². The highest BCUT2D eigenvalue weighted by Crippen LogP contribution is 2.17. The number of hydrogen-bond acceptors (Lipinski definition) is 2. The number of aliphatic hydroxyl groups is 1. The number of hydrogen-bond donors (Lipinski definition) is 1. The summed E-state index contributed by atoms with van der Waals surface area (Å²) >= 11 is 5.46. The maximum Gasteiger partial charge on any atom is 0.224 e. The van der Waals surface area contributed by atoms with Crippen molar-refractivity contribution in [3.63, 3.8) is 0 Å². The maximum atomic E-state index is 11.3. The lowest BCUT2D eigenvalue weighted by Gasteiger charge is -2.22. The van der Waals surface area contributed by atoms with Crippen molar-refractivity contribution in [2.24, 2.45) is 0 Å². The molecule has 0 aromatic rings. The smallest absolute Gasteiger partial charge is 0.224 e. The van der Waals surface area contributed by atoms with E-state index in [0.717, 1.165) is 19.4 Å². The Balaban J connectivity index is 2.43. The molecule has 3 nitrogen and oxygen atoms in total. The molecule has 0 aromatic carbocycles. The van der Waals surface area contributed by atoms with Gasteiger partial charge in [0.05, 0.1) is 12.6 Å². The summed E-state index contributed by atoms with van der Waals surface area (Å²) in [4.78, 5) is 13.1. The Morgan fingerprint density at radius 2 is 2.42 bits per heavy atom. The number of carbonyl (C=O) groups is 1. The Morgan fingerprint density at radius 1 is 1.67 bits per heavy atom. The lowest BCUT2D eigenvalue weighted by atomic mass is 10.2. The summed E-state index contributed by atoms with van der Waals surface area (Å²) < 4.78 is 0. The fourth-order valence-electron chi connectivity index (χ4n) is 1.58. The van der Waals surface area contributed by atoms with Crippen molar-refractivity contribution >= 4 is 17.5 Å². The van der Waals surface area contributed by atoms with Gasteiger partial charge in [-0.15, -0.1) is 11.6 Å². The summed E-state index contributed by atoms with van der Waals surface area (Å²) in [7, 11) is 0. The molecule has 4 heteroatoms. The zero-order valence-corrected chi connectivity index (χ0v) is 7.76. The molecule has 1 fully saturated rings. The number of alkyl halides is 1. The average Bonchev–Trinajstić information content (AvgIpc) is 2.51. The Morgan fingerprint density at radius 3 is 3.00 bits per heavy atom. The van der Waals surface area contributed by atoms with E-state index in [2.05, 4.69) is 0 Å². The zero-order chi connectivity index (χ0) is 8.97. The van der Waals surface area contributed by atoms with Crippen LogP contribution in [0.1, 0.15) is 19.3 Å². The van der Waals surface area contributed by atoms with Crippen LogP contribution in [0.4, 0.5) is 0 Å². The van der Waals surface area contributed by atoms with E-state index in [4.69, 9.17) is 16.7 Å². The predicted molar refractivity (Wildman–Crippen MR) is 47.2 cm³/mol. The molecule has 1 amide bonds. The molecule has 0 unspecified atom stereocenters. The summed E-state index contributed by atoms with van der Waals surface area (Å²) in [6.07, 6.45) is 2.31. The minimum absolute atomic E-state index is 0.0423. The summed E-state index contributed by atoms with van der Waals surface area (Å²) in [5.41, 5.74) is 0. The lowest BCUT2D eigenvalue weighted by molar-refractivity contribution is -0.132. The highest BCUT2D eigenvalue weighted by molar-refractivity contribution is 6.18. The molecule has 1 saturated heterocycles. The van der Waals surface area contributed by atoms with Gasteiger partial charge in [0.2, 0.25) is 5.91 Å². The van der Waals surface area contributed by atoms with E-state index in [9.17, 15) is 4.79 Å². The summed E-state index contributed by atoms with van der Waals surface area (Å²) in [5, 5.41) is 8.93. The number of likely N-dealkylation sites (tertiary alicyclic amines) is 1. The van der Waals surface area contributed by atoms with Crippen LogP contribution in [0.2, 0.25) is 0 Å². The van der Waals surface area contributed by atoms with Gasteiger partial charge in [0, 0.05) is 18.8 Å². The number of halogens is 1. The number of rotatable bonds is 3. The van der Waals surface area contributed by atoms with Crippen LogP contribution in [0.5, 0.6) is 0 Å². The van der Waals surface area contributed by atoms with Crippen LogP contribution in [0.25, 0.3) is 0 Å². The third kappa shape index (κ3) is 2.11. The number of amides is 1. The summed E-state index contributed by atoms with van der Waals surface area (Å²) in [5.74, 6) is 0.439. The van der Waals surface area contributed by atoms with Gasteiger partial charge < -0.3 is 10.0 Å². The van der Waals surface area contributed by atoms with Crippen LogP contribution in [-0.4, -0.2) is 41.0 Å². The molecule has 1 heterocycles. The number of nitrogens with zero attached hydrogens (tertiary/aromatic N) is 1. The quantitative estimate of drug-likeness (QED) is 0.664. The third-order valence-electron chi connectivity index (χ3n) is 2.22. The molecule has 0 saturated carbocycles. The molecule has 1 rings (SSSR count). The first-order valence-corrected chi connectivity index (χ1v) is 4.79. The van der Waals surface area contributed by atoms with Crippen LogP contribution in [0, 0.1) is 0 Å². The minimum Gasteiger partial charge on any atom is -0.394 e. The van der Waals surface area contributed by atoms with Crippen molar-refractivity contribution < 1.29 is 9.90 Å². The van der Waals surface area contributed by atoms with E-state index in [1.54, 1.807) is 4.90 Å². The van der Waals surface area contributed by atoms with Crippen molar-refractivity contribution in [3.8, 4) is 0 Å². The van der Waals surface area contributed by atoms with Crippen LogP contribution in [-0.2, 0) is 4.79 Å². The van der Waals surface area contributed by atoms with E-state index in [1.165, 1.54) is 0 Å². The van der Waals surface area contributed by atoms with Gasteiger partial charge in [-0.2, -0.15) is 0 Å². The van der Waals surface area contributed by atoms with Crippen LogP contribution >= 0.6 is 11.6 Å². The van der Waals surface area contributed by atoms with Gasteiger partial charge in [0.15, 0.2) is 0 Å². The number of carbonyl (C=O) groups excluding carboxylic acids is 1. The third-order valence-corrected chi connectivity index (χ3v) is 2.41. The Labute approximate surface area is 77.3 Å². The fourth-order valence-corrected chi connectivity index (χ4v) is 1.74. The zero-order valence-electron chi connectivity index (χ0n) is 7.00. The fraction of sp³-hybridized carbons (Fsp3) is 0.875. The highest BCUT2D eigenvalue weighted by atomic mass is 35.5. The van der Waals surface area contributed by atoms with Crippen LogP contribution < -0.4 is 0 Å². The van der Waals surface area contributed by atoms with E-state index in [0.29, 0.717) is 12.3 Å². The lowest BCUT2D eigenvalue weighted by Crippen LogP contribution is -2.37. The first-order valence-electron chi connectivity index (χ1n) is 4.26. The molecule has 0 bridgehead atoms. The maximum absolute atomic E-state index is 11.3. The van der Waals surface area contributed by atoms with Crippen LogP contribution in [0.3, 0.4) is 0 Å². The Kier molecular flexibility index (Phi) is 3.82. The van der Waals surface area contributed by atoms with Gasteiger partial charge in [-0.05, 0) is 12.8 Å². The number of aliphatic hydroxyl groups excluding tert-OH is 1. The normalized spacial score (nSPS) is 23.2. The first-order chi connectivity index (χ1) is 5.79. The van der Waals surface area contributed by atoms with E-state index < -0.39 is 0 Å². The van der Waals surface area contributed by atoms with Crippen molar-refractivity contribution in [2.75, 3.05) is 19.0 Å². The van der Waals surface area contributed by atoms with E-state index in [1.807, 2.05) is 0 Å². The molecule has 70 valence electrons. The molecule has 1 aliphatic heterocycles. The summed E-state index contributed by atoms with van der Waals surface area (Å²) in [6.45, 7) is 0.856. The van der Waals surface area contributed by atoms with E-state index in [-0.39, 0.29) is 18.6 Å². The molecule has 1 aliphatic rings. The van der Waals surface area contributed by atoms with Gasteiger partial charge >= 0.3 is 0 Å². The monoisotopic (exact) mass is 191 g/mol. The second-order valence-electron chi connectivity index (χ2n) is 3.00. The topological polar surface area (TPSA) is 40.5 Å². The van der Waals surface area contributed by atoms with Gasteiger partial charge in [-0.25, -0.2) is 0 Å². The molecule has 12 heavy (non-hydrogen) atoms. The molecular weight excluding hydrogens is 178 g/mol. The van der Waals surface area contributed by atoms with Crippen molar-refractivity contribution in [1.82, 2.24) is 4.90 Å². The standard InChI is InChI=1S/C8H14ClNO2/c9-4-3-8(12)10-5-1-2-7(10)6-11/h7,11H,1-6H2/t7-/m1/s1.